The molecule has 1 N–H and O–H groups in total. The molecule has 5 heteroatoms. The molecule has 1 aliphatic heterocycles. The quantitative estimate of drug-likeness (QED) is 0.796. The smallest absolute Gasteiger partial charge is 0.254 e. The number of nitrogens with zero attached hydrogens (tertiary/aromatic N) is 3. The largest absolute Gasteiger partial charge is 0.378 e. The van der Waals surface area contributed by atoms with E-state index in [9.17, 15) is 4.79 Å². The first-order chi connectivity index (χ1) is 12.1. The number of hydrogen-bond donors (Lipinski definition) is 1. The van der Waals surface area contributed by atoms with Gasteiger partial charge in [0, 0.05) is 31.9 Å². The van der Waals surface area contributed by atoms with Gasteiger partial charge in [-0.25, -0.2) is 4.98 Å². The zero-order valence-corrected chi connectivity index (χ0v) is 14.6. The number of anilines is 1. The fraction of sp³-hybridized carbons (Fsp3) is 0.300. The summed E-state index contributed by atoms with van der Waals surface area (Å²) >= 11 is 0. The molecule has 1 atom stereocenters. The summed E-state index contributed by atoms with van der Waals surface area (Å²) in [5, 5.41) is 0. The number of amides is 1. The molecule has 2 aromatic carbocycles. The zero-order chi connectivity index (χ0) is 17.4. The van der Waals surface area contributed by atoms with Gasteiger partial charge >= 0.3 is 0 Å². The van der Waals surface area contributed by atoms with E-state index in [1.807, 2.05) is 72.4 Å². The van der Waals surface area contributed by atoms with Crippen molar-refractivity contribution in [3.8, 4) is 0 Å². The first kappa shape index (κ1) is 15.7. The number of aromatic amines is 1. The number of rotatable bonds is 3. The third kappa shape index (κ3) is 2.86. The van der Waals surface area contributed by atoms with Crippen LogP contribution in [0.3, 0.4) is 0 Å². The predicted octanol–water partition coefficient (Wildman–Crippen LogP) is 3.61. The highest BCUT2D eigenvalue weighted by Gasteiger charge is 2.32. The number of para-hydroxylation sites is 2. The summed E-state index contributed by atoms with van der Waals surface area (Å²) in [6.07, 6.45) is 1.95. The van der Waals surface area contributed by atoms with Crippen LogP contribution in [-0.2, 0) is 0 Å². The molecule has 1 amide bonds. The Bertz CT molecular complexity index is 864. The number of benzene rings is 2. The minimum Gasteiger partial charge on any atom is -0.378 e. The van der Waals surface area contributed by atoms with Gasteiger partial charge in [-0.2, -0.15) is 0 Å². The number of carbonyl (C=O) groups is 1. The van der Waals surface area contributed by atoms with E-state index in [0.717, 1.165) is 47.5 Å². The van der Waals surface area contributed by atoms with Crippen LogP contribution in [-0.4, -0.2) is 41.4 Å². The van der Waals surface area contributed by atoms with E-state index in [0.29, 0.717) is 0 Å². The van der Waals surface area contributed by atoms with Gasteiger partial charge in [-0.05, 0) is 49.2 Å². The second kappa shape index (κ2) is 6.24. The molecule has 0 radical (unpaired) electrons. The number of hydrogen-bond acceptors (Lipinski definition) is 3. The number of carbonyl (C=O) groups excluding carboxylic acids is 1. The van der Waals surface area contributed by atoms with Crippen LogP contribution in [0.25, 0.3) is 11.0 Å². The van der Waals surface area contributed by atoms with Crippen molar-refractivity contribution in [3.63, 3.8) is 0 Å². The van der Waals surface area contributed by atoms with Crippen molar-refractivity contribution in [1.82, 2.24) is 14.9 Å². The van der Waals surface area contributed by atoms with Gasteiger partial charge in [-0.15, -0.1) is 0 Å². The summed E-state index contributed by atoms with van der Waals surface area (Å²) in [4.78, 5) is 25.1. The lowest BCUT2D eigenvalue weighted by Gasteiger charge is -2.23. The van der Waals surface area contributed by atoms with Crippen LogP contribution in [0.15, 0.2) is 48.5 Å². The van der Waals surface area contributed by atoms with Gasteiger partial charge < -0.3 is 14.8 Å². The number of H-pyrrole nitrogens is 1. The van der Waals surface area contributed by atoms with Gasteiger partial charge in [-0.1, -0.05) is 12.1 Å². The molecular weight excluding hydrogens is 312 g/mol. The van der Waals surface area contributed by atoms with Crippen molar-refractivity contribution in [3.05, 3.63) is 59.9 Å². The Hall–Kier alpha value is -2.82. The lowest BCUT2D eigenvalue weighted by Crippen LogP contribution is -2.31. The minimum absolute atomic E-state index is 0.0217. The molecule has 2 heterocycles. The average Bonchev–Trinajstić information content (AvgIpc) is 3.27. The van der Waals surface area contributed by atoms with E-state index in [1.165, 1.54) is 0 Å². The Labute approximate surface area is 147 Å². The van der Waals surface area contributed by atoms with Crippen molar-refractivity contribution >= 4 is 22.6 Å². The van der Waals surface area contributed by atoms with Crippen LogP contribution < -0.4 is 4.90 Å². The van der Waals surface area contributed by atoms with Crippen molar-refractivity contribution in [2.45, 2.75) is 18.9 Å². The molecule has 5 nitrogen and oxygen atoms in total. The maximum atomic E-state index is 13.0. The van der Waals surface area contributed by atoms with Crippen LogP contribution in [0.1, 0.15) is 35.1 Å². The average molecular weight is 334 g/mol. The predicted molar refractivity (Wildman–Crippen MR) is 99.9 cm³/mol. The number of nitrogens with one attached hydrogen (secondary N) is 1. The molecule has 1 fully saturated rings. The summed E-state index contributed by atoms with van der Waals surface area (Å²) in [6, 6.07) is 15.8. The highest BCUT2D eigenvalue weighted by Crippen LogP contribution is 2.32. The zero-order valence-electron chi connectivity index (χ0n) is 14.6. The third-order valence-corrected chi connectivity index (χ3v) is 4.87. The molecule has 1 aromatic heterocycles. The van der Waals surface area contributed by atoms with E-state index < -0.39 is 0 Å². The third-order valence-electron chi connectivity index (χ3n) is 4.87. The number of imidazole rings is 1. The highest BCUT2D eigenvalue weighted by molar-refractivity contribution is 5.95. The van der Waals surface area contributed by atoms with Gasteiger partial charge in [0.15, 0.2) is 0 Å². The molecule has 128 valence electrons. The lowest BCUT2D eigenvalue weighted by molar-refractivity contribution is 0.0730. The van der Waals surface area contributed by atoms with Crippen LogP contribution in [0.5, 0.6) is 0 Å². The maximum absolute atomic E-state index is 13.0. The SMILES string of the molecule is CN(C)c1ccc(C(=O)N2CCC[C@@H]2c2nc3ccccc3[nH]2)cc1. The summed E-state index contributed by atoms with van der Waals surface area (Å²) in [5.41, 5.74) is 3.79. The summed E-state index contributed by atoms with van der Waals surface area (Å²) < 4.78 is 0. The molecule has 4 rings (SSSR count). The second-order valence-corrected chi connectivity index (χ2v) is 6.74. The van der Waals surface area contributed by atoms with Gasteiger partial charge in [0.05, 0.1) is 17.1 Å². The van der Waals surface area contributed by atoms with E-state index in [1.54, 1.807) is 0 Å². The molecule has 0 spiro atoms. The maximum Gasteiger partial charge on any atom is 0.254 e. The van der Waals surface area contributed by atoms with E-state index >= 15 is 0 Å². The minimum atomic E-state index is 0.0217. The van der Waals surface area contributed by atoms with Crippen LogP contribution in [0.4, 0.5) is 5.69 Å². The van der Waals surface area contributed by atoms with Crippen molar-refractivity contribution in [1.29, 1.82) is 0 Å². The van der Waals surface area contributed by atoms with Crippen LogP contribution >= 0.6 is 0 Å². The molecule has 3 aromatic rings. The normalized spacial score (nSPS) is 17.2. The van der Waals surface area contributed by atoms with E-state index in [2.05, 4.69) is 4.98 Å². The number of aromatic nitrogens is 2. The summed E-state index contributed by atoms with van der Waals surface area (Å²) in [7, 11) is 3.99. The van der Waals surface area contributed by atoms with Gasteiger partial charge in [0.2, 0.25) is 0 Å². The second-order valence-electron chi connectivity index (χ2n) is 6.74. The van der Waals surface area contributed by atoms with Gasteiger partial charge in [-0.3, -0.25) is 4.79 Å². The Morgan fingerprint density at radius 1 is 1.16 bits per heavy atom. The fourth-order valence-corrected chi connectivity index (χ4v) is 3.49. The Morgan fingerprint density at radius 3 is 2.64 bits per heavy atom. The molecule has 0 aliphatic carbocycles. The molecule has 0 unspecified atom stereocenters. The summed E-state index contributed by atoms with van der Waals surface area (Å²) in [6.45, 7) is 0.774. The number of likely N-dealkylation sites (tertiary alicyclic amines) is 1. The first-order valence-corrected chi connectivity index (χ1v) is 8.66. The Balaban J connectivity index is 1.61. The van der Waals surface area contributed by atoms with Crippen molar-refractivity contribution in [2.24, 2.45) is 0 Å². The molecule has 0 bridgehead atoms. The van der Waals surface area contributed by atoms with Crippen molar-refractivity contribution < 1.29 is 4.79 Å². The number of fused-ring (bicyclic) bond motifs is 1. The first-order valence-electron chi connectivity index (χ1n) is 8.66. The Morgan fingerprint density at radius 2 is 1.92 bits per heavy atom. The molecular formula is C20H22N4O. The topological polar surface area (TPSA) is 52.2 Å². The summed E-state index contributed by atoms with van der Waals surface area (Å²) in [5.74, 6) is 0.963. The Kier molecular flexibility index (Phi) is 3.92. The van der Waals surface area contributed by atoms with E-state index in [-0.39, 0.29) is 11.9 Å². The fourth-order valence-electron chi connectivity index (χ4n) is 3.49. The monoisotopic (exact) mass is 334 g/mol. The molecule has 1 saturated heterocycles. The van der Waals surface area contributed by atoms with E-state index in [4.69, 9.17) is 4.98 Å². The molecule has 0 saturated carbocycles. The van der Waals surface area contributed by atoms with Gasteiger partial charge in [0.1, 0.15) is 5.82 Å². The van der Waals surface area contributed by atoms with Crippen molar-refractivity contribution in [2.75, 3.05) is 25.5 Å². The highest BCUT2D eigenvalue weighted by atomic mass is 16.2. The standard InChI is InChI=1S/C20H22N4O/c1-23(2)15-11-9-14(10-12-15)20(25)24-13-5-8-18(24)19-21-16-6-3-4-7-17(16)22-19/h3-4,6-7,9-12,18H,5,8,13H2,1-2H3,(H,21,22)/t18-/m1/s1. The molecule has 25 heavy (non-hydrogen) atoms. The van der Waals surface area contributed by atoms with Crippen LogP contribution in [0.2, 0.25) is 0 Å². The van der Waals surface area contributed by atoms with Gasteiger partial charge in [0.25, 0.3) is 5.91 Å². The van der Waals surface area contributed by atoms with Crippen LogP contribution in [0, 0.1) is 0 Å². The lowest BCUT2D eigenvalue weighted by atomic mass is 10.1. The molecule has 1 aliphatic rings.